The fourth-order valence-electron chi connectivity index (χ4n) is 1.96. The molecule has 1 unspecified atom stereocenters. The van der Waals surface area contributed by atoms with Gasteiger partial charge in [-0.1, -0.05) is 0 Å². The van der Waals surface area contributed by atoms with Gasteiger partial charge in [0.15, 0.2) is 0 Å². The predicted octanol–water partition coefficient (Wildman–Crippen LogP) is 1.30. The van der Waals surface area contributed by atoms with E-state index in [2.05, 4.69) is 25.7 Å². The summed E-state index contributed by atoms with van der Waals surface area (Å²) in [5, 5.41) is 8.60. The summed E-state index contributed by atoms with van der Waals surface area (Å²) in [7, 11) is 0. The molecule has 1 aliphatic heterocycles. The van der Waals surface area contributed by atoms with Gasteiger partial charge in [-0.3, -0.25) is 9.69 Å². The molecule has 1 aliphatic rings. The minimum absolute atomic E-state index is 0.123. The molecule has 1 saturated heterocycles. The molecule has 4 nitrogen and oxygen atoms in total. The molecule has 1 heterocycles. The van der Waals surface area contributed by atoms with Crippen LogP contribution in [0.5, 0.6) is 0 Å². The first-order chi connectivity index (χ1) is 7.41. The fraction of sp³-hybridized carbons (Fsp3) is 0.909. The van der Waals surface area contributed by atoms with E-state index >= 15 is 0 Å². The smallest absolute Gasteiger partial charge is 0.313 e. The van der Waals surface area contributed by atoms with Crippen LogP contribution < -0.4 is 0 Å². The van der Waals surface area contributed by atoms with Crippen LogP contribution in [0.4, 0.5) is 0 Å². The Balaban J connectivity index is 2.44. The zero-order valence-corrected chi connectivity index (χ0v) is 11.0. The number of carboxylic acid groups (broad SMARTS) is 1. The predicted molar refractivity (Wildman–Crippen MR) is 66.0 cm³/mol. The Hall–Kier alpha value is -0.260. The van der Waals surface area contributed by atoms with Crippen LogP contribution in [0, 0.1) is 0 Å². The normalized spacial score (nSPS) is 23.3. The summed E-state index contributed by atoms with van der Waals surface area (Å²) < 4.78 is 5.46. The number of carboxylic acids is 1. The van der Waals surface area contributed by atoms with E-state index in [0.29, 0.717) is 12.6 Å². The lowest BCUT2D eigenvalue weighted by Crippen LogP contribution is -2.55. The second-order valence-electron chi connectivity index (χ2n) is 5.00. The number of morpholine rings is 1. The van der Waals surface area contributed by atoms with E-state index < -0.39 is 5.97 Å². The van der Waals surface area contributed by atoms with Crippen molar-refractivity contribution in [2.24, 2.45) is 0 Å². The van der Waals surface area contributed by atoms with Crippen molar-refractivity contribution in [2.75, 3.05) is 31.3 Å². The third kappa shape index (κ3) is 4.31. The molecule has 1 fully saturated rings. The van der Waals surface area contributed by atoms with Crippen LogP contribution in [0.1, 0.15) is 20.8 Å². The summed E-state index contributed by atoms with van der Waals surface area (Å²) >= 11 is 1.47. The van der Waals surface area contributed by atoms with Crippen molar-refractivity contribution in [1.82, 2.24) is 4.90 Å². The average Bonchev–Trinajstić information content (AvgIpc) is 2.16. The fourth-order valence-corrected chi connectivity index (χ4v) is 2.80. The summed E-state index contributed by atoms with van der Waals surface area (Å²) in [5.74, 6) is 0.252. The summed E-state index contributed by atoms with van der Waals surface area (Å²) in [6.07, 6.45) is 0. The van der Waals surface area contributed by atoms with E-state index in [1.165, 1.54) is 11.8 Å². The van der Waals surface area contributed by atoms with Crippen molar-refractivity contribution in [3.05, 3.63) is 0 Å². The molecule has 0 saturated carbocycles. The Bertz CT molecular complexity index is 240. The molecular formula is C11H21NO3S. The summed E-state index contributed by atoms with van der Waals surface area (Å²) in [4.78, 5) is 12.9. The molecule has 0 amide bonds. The van der Waals surface area contributed by atoms with Crippen LogP contribution in [0.3, 0.4) is 0 Å². The van der Waals surface area contributed by atoms with Crippen LogP contribution in [-0.4, -0.2) is 58.8 Å². The van der Waals surface area contributed by atoms with Gasteiger partial charge in [-0.2, -0.15) is 0 Å². The highest BCUT2D eigenvalue weighted by atomic mass is 32.2. The maximum absolute atomic E-state index is 10.5. The number of hydrogen-bond donors (Lipinski definition) is 1. The van der Waals surface area contributed by atoms with Crippen molar-refractivity contribution in [2.45, 2.75) is 32.4 Å². The van der Waals surface area contributed by atoms with Gasteiger partial charge in [0.25, 0.3) is 0 Å². The first-order valence-electron chi connectivity index (χ1n) is 5.55. The topological polar surface area (TPSA) is 49.8 Å². The van der Waals surface area contributed by atoms with Crippen molar-refractivity contribution in [3.8, 4) is 0 Å². The zero-order chi connectivity index (χ0) is 12.2. The number of aliphatic carboxylic acids is 1. The summed E-state index contributed by atoms with van der Waals surface area (Å²) in [6, 6.07) is 0.332. The lowest BCUT2D eigenvalue weighted by molar-refractivity contribution is -0.133. The van der Waals surface area contributed by atoms with Crippen LogP contribution >= 0.6 is 11.8 Å². The number of thioether (sulfide) groups is 1. The van der Waals surface area contributed by atoms with Gasteiger partial charge in [0.1, 0.15) is 0 Å². The van der Waals surface area contributed by atoms with Gasteiger partial charge in [-0.25, -0.2) is 0 Å². The van der Waals surface area contributed by atoms with Gasteiger partial charge in [0, 0.05) is 23.9 Å². The minimum atomic E-state index is -0.746. The summed E-state index contributed by atoms with van der Waals surface area (Å²) in [5.41, 5.74) is 0.123. The molecule has 0 aromatic heterocycles. The molecule has 1 atom stereocenters. The van der Waals surface area contributed by atoms with Crippen molar-refractivity contribution in [1.29, 1.82) is 0 Å². The van der Waals surface area contributed by atoms with E-state index in [0.717, 1.165) is 18.9 Å². The van der Waals surface area contributed by atoms with E-state index in [1.807, 2.05) is 0 Å². The van der Waals surface area contributed by atoms with E-state index in [1.54, 1.807) is 0 Å². The Morgan fingerprint density at radius 2 is 2.25 bits per heavy atom. The third-order valence-electron chi connectivity index (χ3n) is 2.62. The standard InChI is InChI=1S/C11H21NO3S/c1-11(2,3)12-4-5-15-6-9(12)7-16-8-10(13)14/h9H,4-8H2,1-3H3,(H,13,14). The molecule has 0 spiro atoms. The quantitative estimate of drug-likeness (QED) is 0.811. The number of ether oxygens (including phenoxy) is 1. The maximum Gasteiger partial charge on any atom is 0.313 e. The molecule has 0 bridgehead atoms. The van der Waals surface area contributed by atoms with Gasteiger partial charge >= 0.3 is 5.97 Å². The average molecular weight is 247 g/mol. The lowest BCUT2D eigenvalue weighted by atomic mass is 10.0. The highest BCUT2D eigenvalue weighted by Gasteiger charge is 2.31. The van der Waals surface area contributed by atoms with Gasteiger partial charge in [-0.05, 0) is 20.8 Å². The molecular weight excluding hydrogens is 226 g/mol. The molecule has 0 radical (unpaired) electrons. The number of hydrogen-bond acceptors (Lipinski definition) is 4. The lowest BCUT2D eigenvalue weighted by Gasteiger charge is -2.44. The van der Waals surface area contributed by atoms with Crippen molar-refractivity contribution < 1.29 is 14.6 Å². The highest BCUT2D eigenvalue weighted by molar-refractivity contribution is 7.99. The maximum atomic E-state index is 10.5. The monoisotopic (exact) mass is 247 g/mol. The molecule has 0 aromatic carbocycles. The Labute approximate surface area is 101 Å². The highest BCUT2D eigenvalue weighted by Crippen LogP contribution is 2.22. The van der Waals surface area contributed by atoms with Gasteiger partial charge in [0.05, 0.1) is 19.0 Å². The van der Waals surface area contributed by atoms with E-state index in [4.69, 9.17) is 9.84 Å². The van der Waals surface area contributed by atoms with E-state index in [9.17, 15) is 4.79 Å². The van der Waals surface area contributed by atoms with Crippen molar-refractivity contribution in [3.63, 3.8) is 0 Å². The molecule has 1 N–H and O–H groups in total. The Morgan fingerprint density at radius 3 is 2.81 bits per heavy atom. The van der Waals surface area contributed by atoms with Gasteiger partial charge in [-0.15, -0.1) is 11.8 Å². The minimum Gasteiger partial charge on any atom is -0.481 e. The van der Waals surface area contributed by atoms with Crippen LogP contribution in [0.25, 0.3) is 0 Å². The second kappa shape index (κ2) is 5.89. The van der Waals surface area contributed by atoms with Crippen LogP contribution in [-0.2, 0) is 9.53 Å². The first-order valence-corrected chi connectivity index (χ1v) is 6.71. The van der Waals surface area contributed by atoms with Crippen molar-refractivity contribution >= 4 is 17.7 Å². The molecule has 5 heteroatoms. The molecule has 16 heavy (non-hydrogen) atoms. The number of rotatable bonds is 4. The molecule has 1 rings (SSSR count). The van der Waals surface area contributed by atoms with Gasteiger partial charge in [0.2, 0.25) is 0 Å². The van der Waals surface area contributed by atoms with E-state index in [-0.39, 0.29) is 11.3 Å². The zero-order valence-electron chi connectivity index (χ0n) is 10.2. The largest absolute Gasteiger partial charge is 0.481 e. The first kappa shape index (κ1) is 13.8. The number of nitrogens with zero attached hydrogens (tertiary/aromatic N) is 1. The SMILES string of the molecule is CC(C)(C)N1CCOCC1CSCC(=O)O. The number of carbonyl (C=O) groups is 1. The molecule has 0 aromatic rings. The molecule has 94 valence electrons. The second-order valence-corrected chi connectivity index (χ2v) is 6.03. The summed E-state index contributed by atoms with van der Waals surface area (Å²) in [6.45, 7) is 8.98. The van der Waals surface area contributed by atoms with Crippen LogP contribution in [0.15, 0.2) is 0 Å². The molecule has 0 aliphatic carbocycles. The Morgan fingerprint density at radius 1 is 1.56 bits per heavy atom. The third-order valence-corrected chi connectivity index (χ3v) is 3.70. The van der Waals surface area contributed by atoms with Gasteiger partial charge < -0.3 is 9.84 Å². The Kier molecular flexibility index (Phi) is 5.08. The van der Waals surface area contributed by atoms with Crippen LogP contribution in [0.2, 0.25) is 0 Å².